The Hall–Kier alpha value is -2.76. The maximum Gasteiger partial charge on any atom is 0.113 e. The average Bonchev–Trinajstić information content (AvgIpc) is 2.84. The molecule has 0 amide bonds. The van der Waals surface area contributed by atoms with Crippen molar-refractivity contribution in [2.45, 2.75) is 36.9 Å². The van der Waals surface area contributed by atoms with Crippen molar-refractivity contribution < 1.29 is 25.2 Å². The summed E-state index contributed by atoms with van der Waals surface area (Å²) in [7, 11) is 0. The molecule has 33 heavy (non-hydrogen) atoms. The molecule has 0 aliphatic carbocycles. The molecule has 0 unspecified atom stereocenters. The molecule has 0 saturated carbocycles. The number of pyridine rings is 1. The van der Waals surface area contributed by atoms with Crippen molar-refractivity contribution in [3.63, 3.8) is 0 Å². The zero-order valence-electron chi connectivity index (χ0n) is 17.7. The number of halogens is 1. The van der Waals surface area contributed by atoms with Gasteiger partial charge in [-0.25, -0.2) is 4.98 Å². The van der Waals surface area contributed by atoms with Crippen LogP contribution in [0.15, 0.2) is 66.9 Å². The highest BCUT2D eigenvalue weighted by Crippen LogP contribution is 2.34. The van der Waals surface area contributed by atoms with Crippen LogP contribution in [0.2, 0.25) is 5.02 Å². The van der Waals surface area contributed by atoms with Crippen molar-refractivity contribution in [1.29, 1.82) is 0 Å². The molecular formula is C26H24ClNO5. The number of nitrogens with zero attached hydrogens (tertiary/aromatic N) is 1. The molecule has 3 aromatic rings. The van der Waals surface area contributed by atoms with Gasteiger partial charge in [-0.2, -0.15) is 0 Å². The fraction of sp³-hybridized carbons (Fsp3) is 0.269. The normalized spacial score (nSPS) is 24.7. The molecule has 0 radical (unpaired) electrons. The highest BCUT2D eigenvalue weighted by atomic mass is 35.5. The number of hydrogen-bond donors (Lipinski definition) is 4. The third-order valence-corrected chi connectivity index (χ3v) is 6.01. The highest BCUT2D eigenvalue weighted by molar-refractivity contribution is 6.31. The maximum absolute atomic E-state index is 10.4. The van der Waals surface area contributed by atoms with Crippen molar-refractivity contribution in [2.24, 2.45) is 0 Å². The summed E-state index contributed by atoms with van der Waals surface area (Å²) in [4.78, 5) is 4.19. The zero-order chi connectivity index (χ0) is 23.4. The Morgan fingerprint density at radius 2 is 1.70 bits per heavy atom. The van der Waals surface area contributed by atoms with E-state index in [1.54, 1.807) is 18.3 Å². The van der Waals surface area contributed by atoms with E-state index in [0.717, 1.165) is 16.7 Å². The number of aliphatic hydroxyl groups excluding tert-OH is 4. The van der Waals surface area contributed by atoms with Crippen LogP contribution >= 0.6 is 11.6 Å². The minimum absolute atomic E-state index is 0.475. The van der Waals surface area contributed by atoms with E-state index in [1.807, 2.05) is 48.5 Å². The molecule has 4 N–H and O–H groups in total. The van der Waals surface area contributed by atoms with Gasteiger partial charge in [-0.1, -0.05) is 47.9 Å². The summed E-state index contributed by atoms with van der Waals surface area (Å²) in [5, 5.41) is 40.5. The fourth-order valence-electron chi connectivity index (χ4n) is 3.78. The lowest BCUT2D eigenvalue weighted by atomic mass is 9.90. The van der Waals surface area contributed by atoms with Crippen LogP contribution in [0.5, 0.6) is 0 Å². The molecule has 170 valence electrons. The van der Waals surface area contributed by atoms with Gasteiger partial charge in [-0.05, 0) is 59.4 Å². The summed E-state index contributed by atoms with van der Waals surface area (Å²) in [6.45, 7) is -0.475. The molecule has 1 saturated heterocycles. The first-order chi connectivity index (χ1) is 16.0. The monoisotopic (exact) mass is 465 g/mol. The predicted molar refractivity (Wildman–Crippen MR) is 124 cm³/mol. The molecule has 7 heteroatoms. The van der Waals surface area contributed by atoms with Crippen LogP contribution in [-0.2, 0) is 11.2 Å². The highest BCUT2D eigenvalue weighted by Gasteiger charge is 2.44. The average molecular weight is 466 g/mol. The Morgan fingerprint density at radius 3 is 2.39 bits per heavy atom. The minimum atomic E-state index is -1.43. The smallest absolute Gasteiger partial charge is 0.113 e. The van der Waals surface area contributed by atoms with Crippen molar-refractivity contribution in [2.75, 3.05) is 6.61 Å². The standard InChI is InChI=1S/C26H24ClNO5/c27-21-11-9-18(26-25(32)24(31)23(30)22(15-29)33-26)14-19(21)13-17-6-4-16(5-7-17)8-10-20-3-1-2-12-28-20/h1-7,9,11-12,14,22-26,29-32H,13,15H2/t22-,23-,24+,25-,26+/m1/s1. The molecule has 4 rings (SSSR count). The van der Waals surface area contributed by atoms with E-state index < -0.39 is 37.1 Å². The molecule has 2 aromatic carbocycles. The molecular weight excluding hydrogens is 442 g/mol. The predicted octanol–water partition coefficient (Wildman–Crippen LogP) is 2.24. The molecule has 5 atom stereocenters. The number of aliphatic hydroxyl groups is 4. The van der Waals surface area contributed by atoms with Crippen LogP contribution in [0, 0.1) is 11.8 Å². The van der Waals surface area contributed by atoms with E-state index >= 15 is 0 Å². The van der Waals surface area contributed by atoms with Crippen LogP contribution in [0.3, 0.4) is 0 Å². The van der Waals surface area contributed by atoms with Crippen LogP contribution in [-0.4, -0.2) is 56.4 Å². The Kier molecular flexibility index (Phi) is 7.41. The lowest BCUT2D eigenvalue weighted by molar-refractivity contribution is -0.231. The number of benzene rings is 2. The topological polar surface area (TPSA) is 103 Å². The van der Waals surface area contributed by atoms with Gasteiger partial charge in [-0.15, -0.1) is 0 Å². The minimum Gasteiger partial charge on any atom is -0.394 e. The van der Waals surface area contributed by atoms with Gasteiger partial charge in [0.2, 0.25) is 0 Å². The van der Waals surface area contributed by atoms with E-state index in [-0.39, 0.29) is 0 Å². The summed E-state index contributed by atoms with van der Waals surface area (Å²) in [6.07, 6.45) is -3.79. The second kappa shape index (κ2) is 10.4. The van der Waals surface area contributed by atoms with Gasteiger partial charge in [0.15, 0.2) is 0 Å². The Labute approximate surface area is 197 Å². The Morgan fingerprint density at radius 1 is 0.909 bits per heavy atom. The fourth-order valence-corrected chi connectivity index (χ4v) is 3.97. The zero-order valence-corrected chi connectivity index (χ0v) is 18.4. The summed E-state index contributed by atoms with van der Waals surface area (Å²) >= 11 is 6.42. The Balaban J connectivity index is 1.51. The summed E-state index contributed by atoms with van der Waals surface area (Å²) in [6, 6.07) is 18.6. The summed E-state index contributed by atoms with van der Waals surface area (Å²) in [5.41, 5.74) is 4.01. The van der Waals surface area contributed by atoms with Crippen LogP contribution < -0.4 is 0 Å². The molecule has 1 fully saturated rings. The molecule has 0 spiro atoms. The molecule has 0 bridgehead atoms. The maximum atomic E-state index is 10.4. The SMILES string of the molecule is OC[C@H]1O[C@@H](c2ccc(Cl)c(Cc3ccc(C#Cc4ccccn4)cc3)c2)[C@H](O)[C@@H](O)[C@@H]1O. The van der Waals surface area contributed by atoms with Crippen LogP contribution in [0.1, 0.15) is 34.1 Å². The quantitative estimate of drug-likeness (QED) is 0.441. The van der Waals surface area contributed by atoms with E-state index in [0.29, 0.717) is 22.7 Å². The molecule has 1 aliphatic heterocycles. The van der Waals surface area contributed by atoms with Gasteiger partial charge in [0.25, 0.3) is 0 Å². The third-order valence-electron chi connectivity index (χ3n) is 5.64. The van der Waals surface area contributed by atoms with Gasteiger partial charge >= 0.3 is 0 Å². The summed E-state index contributed by atoms with van der Waals surface area (Å²) < 4.78 is 5.67. The van der Waals surface area contributed by atoms with Crippen molar-refractivity contribution in [3.05, 3.63) is 99.8 Å². The number of ether oxygens (including phenoxy) is 1. The first-order valence-corrected chi connectivity index (χ1v) is 10.9. The van der Waals surface area contributed by atoms with Gasteiger partial charge in [0.1, 0.15) is 36.2 Å². The third kappa shape index (κ3) is 5.43. The molecule has 6 nitrogen and oxygen atoms in total. The van der Waals surface area contributed by atoms with Gasteiger partial charge < -0.3 is 25.2 Å². The molecule has 1 aromatic heterocycles. The number of hydrogen-bond acceptors (Lipinski definition) is 6. The second-order valence-electron chi connectivity index (χ2n) is 7.94. The Bertz CT molecular complexity index is 1140. The van der Waals surface area contributed by atoms with Crippen molar-refractivity contribution in [3.8, 4) is 11.8 Å². The lowest BCUT2D eigenvalue weighted by Gasteiger charge is -2.40. The largest absolute Gasteiger partial charge is 0.394 e. The van der Waals surface area contributed by atoms with E-state index in [9.17, 15) is 20.4 Å². The van der Waals surface area contributed by atoms with Crippen molar-refractivity contribution >= 4 is 11.6 Å². The second-order valence-corrected chi connectivity index (χ2v) is 8.35. The first kappa shape index (κ1) is 23.4. The first-order valence-electron chi connectivity index (χ1n) is 10.6. The van der Waals surface area contributed by atoms with Gasteiger partial charge in [-0.3, -0.25) is 0 Å². The summed E-state index contributed by atoms with van der Waals surface area (Å²) in [5.74, 6) is 6.12. The number of rotatable bonds is 4. The van der Waals surface area contributed by atoms with E-state index in [1.165, 1.54) is 0 Å². The van der Waals surface area contributed by atoms with Crippen LogP contribution in [0.25, 0.3) is 0 Å². The van der Waals surface area contributed by atoms with Gasteiger partial charge in [0.05, 0.1) is 6.61 Å². The van der Waals surface area contributed by atoms with Gasteiger partial charge in [0, 0.05) is 16.8 Å². The molecule has 2 heterocycles. The lowest BCUT2D eigenvalue weighted by Crippen LogP contribution is -2.55. The van der Waals surface area contributed by atoms with Crippen molar-refractivity contribution in [1.82, 2.24) is 4.98 Å². The number of aromatic nitrogens is 1. The van der Waals surface area contributed by atoms with E-state index in [4.69, 9.17) is 16.3 Å². The van der Waals surface area contributed by atoms with E-state index in [2.05, 4.69) is 16.8 Å². The van der Waals surface area contributed by atoms with Crippen LogP contribution in [0.4, 0.5) is 0 Å². The molecule has 1 aliphatic rings.